The van der Waals surface area contributed by atoms with E-state index in [4.69, 9.17) is 0 Å². The van der Waals surface area contributed by atoms with Crippen molar-refractivity contribution in [2.45, 2.75) is 39.5 Å². The first-order valence-electron chi connectivity index (χ1n) is 9.83. The Labute approximate surface area is 181 Å². The van der Waals surface area contributed by atoms with Crippen LogP contribution in [-0.4, -0.2) is 24.2 Å². The van der Waals surface area contributed by atoms with E-state index in [9.17, 15) is 17.6 Å². The van der Waals surface area contributed by atoms with Crippen molar-refractivity contribution >= 4 is 38.5 Å². The number of carbonyl (C=O) groups is 1. The second kappa shape index (κ2) is 8.54. The number of urea groups is 1. The maximum atomic E-state index is 14.1. The molecular formula is C21H26FN5O3S. The van der Waals surface area contributed by atoms with Crippen molar-refractivity contribution in [1.82, 2.24) is 14.5 Å². The van der Waals surface area contributed by atoms with E-state index in [2.05, 4.69) is 15.1 Å². The summed E-state index contributed by atoms with van der Waals surface area (Å²) >= 11 is 0. The second-order valence-electron chi connectivity index (χ2n) is 7.97. The Kier molecular flexibility index (Phi) is 6.21. The van der Waals surface area contributed by atoms with Gasteiger partial charge in [0.1, 0.15) is 5.82 Å². The lowest BCUT2D eigenvalue weighted by atomic mass is 9.92. The summed E-state index contributed by atoms with van der Waals surface area (Å²) in [6.45, 7) is 7.48. The van der Waals surface area contributed by atoms with Crippen LogP contribution in [0.5, 0.6) is 0 Å². The van der Waals surface area contributed by atoms with Gasteiger partial charge in [-0.25, -0.2) is 13.9 Å². The summed E-state index contributed by atoms with van der Waals surface area (Å²) in [5.41, 5.74) is 2.61. The molecule has 31 heavy (non-hydrogen) atoms. The minimum atomic E-state index is -4.21. The maximum Gasteiger partial charge on any atom is 0.334 e. The SMILES string of the molecule is CC(C)c1cc(F)cc(C(C)C)c1NC(=O)NS(=O)(=O)Nc1ccc2cnn(C)c2c1. The van der Waals surface area contributed by atoms with Gasteiger partial charge >= 0.3 is 16.2 Å². The van der Waals surface area contributed by atoms with Crippen molar-refractivity contribution in [2.24, 2.45) is 7.05 Å². The molecule has 3 N–H and O–H groups in total. The van der Waals surface area contributed by atoms with Gasteiger partial charge in [-0.05, 0) is 53.3 Å². The van der Waals surface area contributed by atoms with Crippen LogP contribution in [0, 0.1) is 5.82 Å². The minimum absolute atomic E-state index is 0.0798. The van der Waals surface area contributed by atoms with Gasteiger partial charge in [0.15, 0.2) is 0 Å². The summed E-state index contributed by atoms with van der Waals surface area (Å²) in [5.74, 6) is -0.564. The molecule has 0 aliphatic rings. The van der Waals surface area contributed by atoms with E-state index in [0.29, 0.717) is 16.8 Å². The van der Waals surface area contributed by atoms with E-state index in [-0.39, 0.29) is 17.5 Å². The predicted octanol–water partition coefficient (Wildman–Crippen LogP) is 4.44. The topological polar surface area (TPSA) is 105 Å². The number of amides is 2. The third-order valence-electron chi connectivity index (χ3n) is 4.88. The zero-order valence-corrected chi connectivity index (χ0v) is 18.8. The fourth-order valence-electron chi connectivity index (χ4n) is 3.35. The largest absolute Gasteiger partial charge is 0.334 e. The van der Waals surface area contributed by atoms with E-state index in [1.807, 2.05) is 32.4 Å². The molecule has 0 aliphatic carbocycles. The Morgan fingerprint density at radius 2 is 1.68 bits per heavy atom. The third kappa shape index (κ3) is 5.13. The molecule has 0 aliphatic heterocycles. The number of nitrogens with one attached hydrogen (secondary N) is 3. The first-order chi connectivity index (χ1) is 14.5. The van der Waals surface area contributed by atoms with Crippen LogP contribution in [0.15, 0.2) is 36.5 Å². The van der Waals surface area contributed by atoms with E-state index in [1.54, 1.807) is 36.1 Å². The Morgan fingerprint density at radius 1 is 1.06 bits per heavy atom. The highest BCUT2D eigenvalue weighted by Crippen LogP contribution is 2.33. The van der Waals surface area contributed by atoms with E-state index in [1.165, 1.54) is 12.1 Å². The van der Waals surface area contributed by atoms with Crippen LogP contribution >= 0.6 is 0 Å². The summed E-state index contributed by atoms with van der Waals surface area (Å²) in [7, 11) is -2.47. The van der Waals surface area contributed by atoms with Crippen molar-refractivity contribution in [1.29, 1.82) is 0 Å². The smallest absolute Gasteiger partial charge is 0.307 e. The third-order valence-corrected chi connectivity index (χ3v) is 5.83. The van der Waals surface area contributed by atoms with Crippen LogP contribution < -0.4 is 14.8 Å². The molecule has 0 radical (unpaired) electrons. The van der Waals surface area contributed by atoms with Crippen LogP contribution in [0.25, 0.3) is 10.9 Å². The van der Waals surface area contributed by atoms with Gasteiger partial charge in [-0.3, -0.25) is 9.40 Å². The lowest BCUT2D eigenvalue weighted by Crippen LogP contribution is -2.38. The van der Waals surface area contributed by atoms with Crippen LogP contribution in [0.2, 0.25) is 0 Å². The van der Waals surface area contributed by atoms with Gasteiger partial charge in [-0.15, -0.1) is 0 Å². The molecule has 166 valence electrons. The Morgan fingerprint density at radius 3 is 2.26 bits per heavy atom. The average molecular weight is 448 g/mol. The van der Waals surface area contributed by atoms with Crippen molar-refractivity contribution in [3.8, 4) is 0 Å². The molecule has 3 aromatic rings. The van der Waals surface area contributed by atoms with Crippen LogP contribution in [0.3, 0.4) is 0 Å². The standard InChI is InChI=1S/C21H26FN5O3S/c1-12(2)17-8-15(22)9-18(13(3)4)20(17)24-21(28)26-31(29,30)25-16-7-6-14-11-23-27(5)19(14)10-16/h6-13,25H,1-5H3,(H2,24,26,28). The number of aryl methyl sites for hydroxylation is 1. The maximum absolute atomic E-state index is 14.1. The summed E-state index contributed by atoms with van der Waals surface area (Å²) < 4.78 is 44.9. The molecule has 0 bridgehead atoms. The highest BCUT2D eigenvalue weighted by molar-refractivity contribution is 7.91. The fraction of sp³-hybridized carbons (Fsp3) is 0.333. The molecule has 8 nitrogen and oxygen atoms in total. The summed E-state index contributed by atoms with van der Waals surface area (Å²) in [6.07, 6.45) is 1.67. The van der Waals surface area contributed by atoms with Crippen molar-refractivity contribution in [3.63, 3.8) is 0 Å². The van der Waals surface area contributed by atoms with Crippen LogP contribution in [0.1, 0.15) is 50.7 Å². The van der Waals surface area contributed by atoms with Gasteiger partial charge in [0.25, 0.3) is 0 Å². The molecule has 0 spiro atoms. The molecule has 0 unspecified atom stereocenters. The normalized spacial score (nSPS) is 11.9. The molecule has 0 atom stereocenters. The molecule has 10 heteroatoms. The molecule has 2 amide bonds. The predicted molar refractivity (Wildman–Crippen MR) is 120 cm³/mol. The lowest BCUT2D eigenvalue weighted by molar-refractivity contribution is 0.256. The second-order valence-corrected chi connectivity index (χ2v) is 9.39. The van der Waals surface area contributed by atoms with Gasteiger partial charge in [-0.1, -0.05) is 27.7 Å². The molecule has 2 aromatic carbocycles. The number of anilines is 2. The minimum Gasteiger partial charge on any atom is -0.307 e. The number of nitrogens with zero attached hydrogens (tertiary/aromatic N) is 2. The van der Waals surface area contributed by atoms with E-state index in [0.717, 1.165) is 10.9 Å². The van der Waals surface area contributed by atoms with Crippen molar-refractivity contribution in [3.05, 3.63) is 53.5 Å². The Hall–Kier alpha value is -3.14. The number of fused-ring (bicyclic) bond motifs is 1. The number of hydrogen-bond acceptors (Lipinski definition) is 4. The highest BCUT2D eigenvalue weighted by atomic mass is 32.2. The first-order valence-corrected chi connectivity index (χ1v) is 11.3. The van der Waals surface area contributed by atoms with Gasteiger partial charge < -0.3 is 5.32 Å². The number of aromatic nitrogens is 2. The van der Waals surface area contributed by atoms with Gasteiger partial charge in [0, 0.05) is 18.1 Å². The number of rotatable bonds is 6. The summed E-state index contributed by atoms with van der Waals surface area (Å²) in [6, 6.07) is 6.68. The zero-order chi connectivity index (χ0) is 22.9. The number of carbonyl (C=O) groups excluding carboxylic acids is 1. The number of benzene rings is 2. The number of hydrogen-bond donors (Lipinski definition) is 3. The average Bonchev–Trinajstić information content (AvgIpc) is 3.02. The summed E-state index contributed by atoms with van der Waals surface area (Å²) in [5, 5.41) is 7.56. The molecule has 0 saturated heterocycles. The fourth-order valence-corrected chi connectivity index (χ4v) is 4.14. The molecule has 0 saturated carbocycles. The molecule has 1 heterocycles. The quantitative estimate of drug-likeness (QED) is 0.520. The van der Waals surface area contributed by atoms with Gasteiger partial charge in [0.05, 0.1) is 17.4 Å². The van der Waals surface area contributed by atoms with Crippen molar-refractivity contribution < 1.29 is 17.6 Å². The van der Waals surface area contributed by atoms with Crippen LogP contribution in [0.4, 0.5) is 20.6 Å². The summed E-state index contributed by atoms with van der Waals surface area (Å²) in [4.78, 5) is 12.5. The first kappa shape index (κ1) is 22.5. The Balaban J connectivity index is 1.81. The molecule has 1 aromatic heterocycles. The van der Waals surface area contributed by atoms with E-state index >= 15 is 0 Å². The van der Waals surface area contributed by atoms with Gasteiger partial charge in [0.2, 0.25) is 0 Å². The molecular weight excluding hydrogens is 421 g/mol. The molecule has 0 fully saturated rings. The highest BCUT2D eigenvalue weighted by Gasteiger charge is 2.21. The monoisotopic (exact) mass is 447 g/mol. The van der Waals surface area contributed by atoms with Crippen molar-refractivity contribution in [2.75, 3.05) is 10.0 Å². The molecule has 3 rings (SSSR count). The van der Waals surface area contributed by atoms with Gasteiger partial charge in [-0.2, -0.15) is 13.5 Å². The Bertz CT molecular complexity index is 1210. The van der Waals surface area contributed by atoms with E-state index < -0.39 is 22.1 Å². The van der Waals surface area contributed by atoms with Crippen LogP contribution in [-0.2, 0) is 17.3 Å². The number of halogens is 1. The lowest BCUT2D eigenvalue weighted by Gasteiger charge is -2.21. The zero-order valence-electron chi connectivity index (χ0n) is 18.0.